The van der Waals surface area contributed by atoms with Crippen LogP contribution >= 0.6 is 22.9 Å². The molecule has 0 aliphatic carbocycles. The number of benzene rings is 1. The molecule has 0 atom stereocenters. The van der Waals surface area contributed by atoms with Gasteiger partial charge in [0.1, 0.15) is 0 Å². The third-order valence-electron chi connectivity index (χ3n) is 2.60. The van der Waals surface area contributed by atoms with Crippen LogP contribution in [0.2, 0.25) is 4.34 Å². The van der Waals surface area contributed by atoms with E-state index in [1.165, 1.54) is 11.3 Å². The van der Waals surface area contributed by atoms with Crippen LogP contribution in [-0.2, 0) is 23.0 Å². The molecule has 0 saturated carbocycles. The van der Waals surface area contributed by atoms with Gasteiger partial charge in [-0.3, -0.25) is 0 Å². The third kappa shape index (κ3) is 4.95. The first-order chi connectivity index (χ1) is 9.05. The van der Waals surface area contributed by atoms with E-state index < -0.39 is 10.0 Å². The molecule has 0 bridgehead atoms. The Labute approximate surface area is 122 Å². The lowest BCUT2D eigenvalue weighted by atomic mass is 10.2. The Kier molecular flexibility index (Phi) is 4.99. The number of thiophene rings is 1. The molecule has 0 unspecified atom stereocenters. The summed E-state index contributed by atoms with van der Waals surface area (Å²) in [6.07, 6.45) is 0.515. The second kappa shape index (κ2) is 6.52. The predicted octanol–water partition coefficient (Wildman–Crippen LogP) is 3.06. The summed E-state index contributed by atoms with van der Waals surface area (Å²) in [7, 11) is -3.26. The van der Waals surface area contributed by atoms with Crippen molar-refractivity contribution in [1.82, 2.24) is 4.72 Å². The highest BCUT2D eigenvalue weighted by Crippen LogP contribution is 2.21. The highest BCUT2D eigenvalue weighted by atomic mass is 35.5. The minimum Gasteiger partial charge on any atom is -0.212 e. The quantitative estimate of drug-likeness (QED) is 0.890. The minimum atomic E-state index is -3.26. The number of hydrogen-bond donors (Lipinski definition) is 1. The smallest absolute Gasteiger partial charge is 0.212 e. The fourth-order valence-electron chi connectivity index (χ4n) is 1.60. The second-order valence-electron chi connectivity index (χ2n) is 4.08. The first-order valence-electron chi connectivity index (χ1n) is 5.81. The monoisotopic (exact) mass is 315 g/mol. The van der Waals surface area contributed by atoms with Gasteiger partial charge in [0, 0.05) is 11.4 Å². The molecule has 0 radical (unpaired) electrons. The Morgan fingerprint density at radius 3 is 2.47 bits per heavy atom. The molecule has 0 fully saturated rings. The first kappa shape index (κ1) is 14.5. The van der Waals surface area contributed by atoms with Crippen LogP contribution in [0.15, 0.2) is 42.5 Å². The normalized spacial score (nSPS) is 11.6. The van der Waals surface area contributed by atoms with Gasteiger partial charge in [-0.15, -0.1) is 11.3 Å². The van der Waals surface area contributed by atoms with Crippen molar-refractivity contribution in [1.29, 1.82) is 0 Å². The maximum atomic E-state index is 11.8. The summed E-state index contributed by atoms with van der Waals surface area (Å²) in [5.74, 6) is 0.0934. The Morgan fingerprint density at radius 2 is 1.84 bits per heavy atom. The van der Waals surface area contributed by atoms with Crippen LogP contribution < -0.4 is 4.72 Å². The number of halogens is 1. The van der Waals surface area contributed by atoms with Crippen molar-refractivity contribution in [3.05, 3.63) is 57.2 Å². The summed E-state index contributed by atoms with van der Waals surface area (Å²) in [5, 5.41) is 0. The molecule has 102 valence electrons. The number of nitrogens with one attached hydrogen (secondary N) is 1. The van der Waals surface area contributed by atoms with Gasteiger partial charge in [-0.25, -0.2) is 13.1 Å². The van der Waals surface area contributed by atoms with E-state index >= 15 is 0 Å². The Morgan fingerprint density at radius 1 is 1.11 bits per heavy atom. The zero-order chi connectivity index (χ0) is 13.7. The topological polar surface area (TPSA) is 46.2 Å². The maximum Gasteiger partial charge on any atom is 0.212 e. The van der Waals surface area contributed by atoms with Gasteiger partial charge in [-0.05, 0) is 24.1 Å². The van der Waals surface area contributed by atoms with E-state index in [-0.39, 0.29) is 5.75 Å². The van der Waals surface area contributed by atoms with Gasteiger partial charge in [0.15, 0.2) is 0 Å². The lowest BCUT2D eigenvalue weighted by Gasteiger charge is -2.05. The van der Waals surface area contributed by atoms with Crippen molar-refractivity contribution in [2.45, 2.75) is 13.0 Å². The van der Waals surface area contributed by atoms with E-state index in [2.05, 4.69) is 4.72 Å². The van der Waals surface area contributed by atoms with Crippen molar-refractivity contribution >= 4 is 33.0 Å². The molecular formula is C13H14ClNO2S2. The first-order valence-corrected chi connectivity index (χ1v) is 8.65. The molecule has 3 nitrogen and oxygen atoms in total. The SMILES string of the molecule is O=S(=O)(CCc1ccccc1)NCc1ccc(Cl)s1. The molecule has 2 aromatic rings. The number of sulfonamides is 1. The Balaban J connectivity index is 1.85. The van der Waals surface area contributed by atoms with Crippen LogP contribution in [0.1, 0.15) is 10.4 Å². The van der Waals surface area contributed by atoms with Crippen molar-refractivity contribution in [3.63, 3.8) is 0 Å². The standard InChI is InChI=1S/C13H14ClNO2S2/c14-13-7-6-12(18-13)10-15-19(16,17)9-8-11-4-2-1-3-5-11/h1-7,15H,8-10H2. The van der Waals surface area contributed by atoms with Crippen LogP contribution in [0.25, 0.3) is 0 Å². The van der Waals surface area contributed by atoms with Crippen molar-refractivity contribution in [2.24, 2.45) is 0 Å². The van der Waals surface area contributed by atoms with Crippen molar-refractivity contribution in [2.75, 3.05) is 5.75 Å². The molecule has 1 N–H and O–H groups in total. The molecular weight excluding hydrogens is 302 g/mol. The van der Waals surface area contributed by atoms with Gasteiger partial charge in [0.25, 0.3) is 0 Å². The van der Waals surface area contributed by atoms with E-state index in [0.29, 0.717) is 17.3 Å². The van der Waals surface area contributed by atoms with Gasteiger partial charge in [0.05, 0.1) is 10.1 Å². The van der Waals surface area contributed by atoms with Crippen LogP contribution in [0.4, 0.5) is 0 Å². The summed E-state index contributed by atoms with van der Waals surface area (Å²) < 4.78 is 26.9. The van der Waals surface area contributed by atoms with E-state index in [0.717, 1.165) is 10.4 Å². The molecule has 0 aliphatic rings. The number of aryl methyl sites for hydroxylation is 1. The zero-order valence-corrected chi connectivity index (χ0v) is 12.6. The predicted molar refractivity (Wildman–Crippen MR) is 80.1 cm³/mol. The maximum absolute atomic E-state index is 11.8. The van der Waals surface area contributed by atoms with E-state index in [1.54, 1.807) is 6.07 Å². The molecule has 19 heavy (non-hydrogen) atoms. The third-order valence-corrected chi connectivity index (χ3v) is 5.15. The average Bonchev–Trinajstić information content (AvgIpc) is 2.82. The summed E-state index contributed by atoms with van der Waals surface area (Å²) in [6.45, 7) is 0.300. The summed E-state index contributed by atoms with van der Waals surface area (Å²) in [5.41, 5.74) is 1.02. The van der Waals surface area contributed by atoms with Crippen LogP contribution in [0, 0.1) is 0 Å². The highest BCUT2D eigenvalue weighted by molar-refractivity contribution is 7.89. The molecule has 0 amide bonds. The van der Waals surface area contributed by atoms with Crippen LogP contribution in [-0.4, -0.2) is 14.2 Å². The molecule has 6 heteroatoms. The van der Waals surface area contributed by atoms with Crippen LogP contribution in [0.3, 0.4) is 0 Å². The highest BCUT2D eigenvalue weighted by Gasteiger charge is 2.10. The Hall–Kier alpha value is -0.880. The molecule has 1 aromatic heterocycles. The molecule has 0 aliphatic heterocycles. The molecule has 0 spiro atoms. The summed E-state index contributed by atoms with van der Waals surface area (Å²) >= 11 is 7.17. The number of hydrogen-bond acceptors (Lipinski definition) is 3. The summed E-state index contributed by atoms with van der Waals surface area (Å²) in [6, 6.07) is 13.2. The molecule has 1 aromatic carbocycles. The number of rotatable bonds is 6. The van der Waals surface area contributed by atoms with E-state index in [4.69, 9.17) is 11.6 Å². The molecule has 2 rings (SSSR count). The van der Waals surface area contributed by atoms with Gasteiger partial charge < -0.3 is 0 Å². The minimum absolute atomic E-state index is 0.0934. The lowest BCUT2D eigenvalue weighted by Crippen LogP contribution is -2.26. The second-order valence-corrected chi connectivity index (χ2v) is 7.81. The van der Waals surface area contributed by atoms with Gasteiger partial charge in [-0.1, -0.05) is 41.9 Å². The van der Waals surface area contributed by atoms with Gasteiger partial charge in [0.2, 0.25) is 10.0 Å². The average molecular weight is 316 g/mol. The molecule has 0 saturated heterocycles. The van der Waals surface area contributed by atoms with E-state index in [9.17, 15) is 8.42 Å². The van der Waals surface area contributed by atoms with Crippen LogP contribution in [0.5, 0.6) is 0 Å². The largest absolute Gasteiger partial charge is 0.212 e. The lowest BCUT2D eigenvalue weighted by molar-refractivity contribution is 0.581. The fraction of sp³-hybridized carbons (Fsp3) is 0.231. The summed E-state index contributed by atoms with van der Waals surface area (Å²) in [4.78, 5) is 0.910. The van der Waals surface area contributed by atoms with E-state index in [1.807, 2.05) is 36.4 Å². The van der Waals surface area contributed by atoms with Crippen molar-refractivity contribution in [3.8, 4) is 0 Å². The fourth-order valence-corrected chi connectivity index (χ4v) is 3.74. The zero-order valence-electron chi connectivity index (χ0n) is 10.2. The van der Waals surface area contributed by atoms with Crippen molar-refractivity contribution < 1.29 is 8.42 Å². The Bertz CT molecular complexity index is 623. The van der Waals surface area contributed by atoms with Gasteiger partial charge >= 0.3 is 0 Å². The van der Waals surface area contributed by atoms with Gasteiger partial charge in [-0.2, -0.15) is 0 Å². The molecule has 1 heterocycles.